The summed E-state index contributed by atoms with van der Waals surface area (Å²) in [7, 11) is 0. The van der Waals surface area contributed by atoms with Gasteiger partial charge < -0.3 is 15.1 Å². The third kappa shape index (κ3) is 1.92. The van der Waals surface area contributed by atoms with Gasteiger partial charge in [0.05, 0.1) is 11.8 Å². The van der Waals surface area contributed by atoms with Gasteiger partial charge in [-0.2, -0.15) is 0 Å². The van der Waals surface area contributed by atoms with Gasteiger partial charge in [-0.3, -0.25) is 9.59 Å². The maximum absolute atomic E-state index is 12.2. The van der Waals surface area contributed by atoms with E-state index in [1.807, 2.05) is 13.8 Å². The number of nitrogens with zero attached hydrogens (tertiary/aromatic N) is 1. The van der Waals surface area contributed by atoms with E-state index >= 15 is 0 Å². The van der Waals surface area contributed by atoms with E-state index in [0.717, 1.165) is 6.42 Å². The average molecular weight is 241 g/mol. The standard InChI is InChI=1S/C12H19NO4/c1-12(2)8(9(12)11(16)17)10(15)13-4-3-7(5-13)6-14/h7-9,14H,3-6H2,1-2H3,(H,16,17)/t7?,8-,9+/m1/s1. The molecule has 3 atom stereocenters. The summed E-state index contributed by atoms with van der Waals surface area (Å²) >= 11 is 0. The lowest BCUT2D eigenvalue weighted by Crippen LogP contribution is -2.32. The van der Waals surface area contributed by atoms with Crippen LogP contribution in [0.3, 0.4) is 0 Å². The predicted octanol–water partition coefficient (Wildman–Crippen LogP) is 0.184. The molecule has 1 unspecified atom stereocenters. The highest BCUT2D eigenvalue weighted by molar-refractivity contribution is 5.91. The number of amides is 1. The molecule has 1 aliphatic carbocycles. The Morgan fingerprint density at radius 3 is 2.41 bits per heavy atom. The van der Waals surface area contributed by atoms with Crippen LogP contribution in [0, 0.1) is 23.2 Å². The lowest BCUT2D eigenvalue weighted by atomic mass is 10.1. The smallest absolute Gasteiger partial charge is 0.307 e. The molecule has 0 spiro atoms. The van der Waals surface area contributed by atoms with E-state index in [1.54, 1.807) is 4.90 Å². The Bertz CT molecular complexity index is 352. The van der Waals surface area contributed by atoms with Crippen LogP contribution in [0.5, 0.6) is 0 Å². The molecule has 1 heterocycles. The van der Waals surface area contributed by atoms with Crippen LogP contribution in [0.2, 0.25) is 0 Å². The fraction of sp³-hybridized carbons (Fsp3) is 0.833. The van der Waals surface area contributed by atoms with Crippen molar-refractivity contribution in [2.24, 2.45) is 23.2 Å². The molecule has 1 saturated carbocycles. The minimum atomic E-state index is -0.883. The molecule has 5 heteroatoms. The van der Waals surface area contributed by atoms with Crippen molar-refractivity contribution in [3.8, 4) is 0 Å². The average Bonchev–Trinajstić information content (AvgIpc) is 2.63. The van der Waals surface area contributed by atoms with Crippen LogP contribution in [-0.4, -0.2) is 46.7 Å². The van der Waals surface area contributed by atoms with Crippen molar-refractivity contribution in [2.45, 2.75) is 20.3 Å². The van der Waals surface area contributed by atoms with Gasteiger partial charge in [0.25, 0.3) is 0 Å². The molecule has 0 bridgehead atoms. The number of aliphatic hydroxyl groups excluding tert-OH is 1. The Labute approximate surface area is 100 Å². The number of aliphatic carboxylic acids is 1. The van der Waals surface area contributed by atoms with E-state index < -0.39 is 23.2 Å². The van der Waals surface area contributed by atoms with Crippen LogP contribution in [0.15, 0.2) is 0 Å². The number of carboxylic acid groups (broad SMARTS) is 1. The number of rotatable bonds is 3. The molecule has 1 saturated heterocycles. The Hall–Kier alpha value is -1.10. The van der Waals surface area contributed by atoms with E-state index in [1.165, 1.54) is 0 Å². The maximum atomic E-state index is 12.2. The first-order chi connectivity index (χ1) is 7.89. The minimum Gasteiger partial charge on any atom is -0.481 e. The molecular weight excluding hydrogens is 222 g/mol. The van der Waals surface area contributed by atoms with Crippen molar-refractivity contribution < 1.29 is 19.8 Å². The minimum absolute atomic E-state index is 0.0571. The summed E-state index contributed by atoms with van der Waals surface area (Å²) in [5.41, 5.74) is -0.430. The third-order valence-corrected chi connectivity index (χ3v) is 4.22. The van der Waals surface area contributed by atoms with E-state index in [-0.39, 0.29) is 18.4 Å². The molecule has 0 aromatic rings. The number of aliphatic hydroxyl groups is 1. The van der Waals surface area contributed by atoms with Crippen molar-refractivity contribution >= 4 is 11.9 Å². The topological polar surface area (TPSA) is 77.8 Å². The summed E-state index contributed by atoms with van der Waals surface area (Å²) in [4.78, 5) is 24.9. The first-order valence-electron chi connectivity index (χ1n) is 6.02. The molecule has 2 fully saturated rings. The lowest BCUT2D eigenvalue weighted by molar-refractivity contribution is -0.141. The zero-order chi connectivity index (χ0) is 12.8. The molecule has 1 amide bonds. The van der Waals surface area contributed by atoms with Crippen LogP contribution < -0.4 is 0 Å². The van der Waals surface area contributed by atoms with Crippen LogP contribution in [0.25, 0.3) is 0 Å². The van der Waals surface area contributed by atoms with Crippen molar-refractivity contribution in [3.05, 3.63) is 0 Å². The summed E-state index contributed by atoms with van der Waals surface area (Å²) in [5, 5.41) is 18.1. The summed E-state index contributed by atoms with van der Waals surface area (Å²) in [6.45, 7) is 4.96. The molecule has 0 radical (unpaired) electrons. The molecule has 5 nitrogen and oxygen atoms in total. The largest absolute Gasteiger partial charge is 0.481 e. The molecule has 1 aliphatic heterocycles. The zero-order valence-electron chi connectivity index (χ0n) is 10.2. The summed E-state index contributed by atoms with van der Waals surface area (Å²) < 4.78 is 0. The Balaban J connectivity index is 2.01. The summed E-state index contributed by atoms with van der Waals surface area (Å²) in [5.74, 6) is -1.73. The van der Waals surface area contributed by atoms with Crippen molar-refractivity contribution in [3.63, 3.8) is 0 Å². The Morgan fingerprint density at radius 2 is 2.00 bits per heavy atom. The Kier molecular flexibility index (Phi) is 2.89. The molecule has 0 aromatic carbocycles. The molecule has 2 N–H and O–H groups in total. The van der Waals surface area contributed by atoms with Gasteiger partial charge in [-0.05, 0) is 11.8 Å². The summed E-state index contributed by atoms with van der Waals surface area (Å²) in [6.07, 6.45) is 0.813. The highest BCUT2D eigenvalue weighted by atomic mass is 16.4. The molecule has 2 rings (SSSR count). The first kappa shape index (κ1) is 12.4. The maximum Gasteiger partial charge on any atom is 0.307 e. The third-order valence-electron chi connectivity index (χ3n) is 4.22. The monoisotopic (exact) mass is 241 g/mol. The van der Waals surface area contributed by atoms with E-state index in [0.29, 0.717) is 13.1 Å². The van der Waals surface area contributed by atoms with Crippen molar-refractivity contribution in [1.82, 2.24) is 4.90 Å². The lowest BCUT2D eigenvalue weighted by Gasteiger charge is -2.16. The number of carbonyl (C=O) groups excluding carboxylic acids is 1. The van der Waals surface area contributed by atoms with Gasteiger partial charge in [-0.15, -0.1) is 0 Å². The molecule has 17 heavy (non-hydrogen) atoms. The van der Waals surface area contributed by atoms with Gasteiger partial charge in [-0.1, -0.05) is 13.8 Å². The van der Waals surface area contributed by atoms with Crippen LogP contribution in [0.4, 0.5) is 0 Å². The first-order valence-corrected chi connectivity index (χ1v) is 6.02. The van der Waals surface area contributed by atoms with Crippen LogP contribution in [0.1, 0.15) is 20.3 Å². The SMILES string of the molecule is CC1(C)[C@H](C(=O)O)[C@@H]1C(=O)N1CCC(CO)C1. The predicted molar refractivity (Wildman–Crippen MR) is 60.2 cm³/mol. The number of likely N-dealkylation sites (tertiary alicyclic amines) is 1. The van der Waals surface area contributed by atoms with Gasteiger partial charge in [0.1, 0.15) is 0 Å². The fourth-order valence-electron chi connectivity index (χ4n) is 2.94. The molecule has 96 valence electrons. The van der Waals surface area contributed by atoms with E-state index in [9.17, 15) is 9.59 Å². The van der Waals surface area contributed by atoms with Gasteiger partial charge in [-0.25, -0.2) is 0 Å². The Morgan fingerprint density at radius 1 is 1.35 bits per heavy atom. The summed E-state index contributed by atoms with van der Waals surface area (Å²) in [6, 6.07) is 0. The van der Waals surface area contributed by atoms with Gasteiger partial charge in [0, 0.05) is 25.6 Å². The zero-order valence-corrected chi connectivity index (χ0v) is 10.2. The second-order valence-corrected chi connectivity index (χ2v) is 5.74. The molecule has 2 aliphatic rings. The normalized spacial score (nSPS) is 34.8. The molecule has 0 aromatic heterocycles. The highest BCUT2D eigenvalue weighted by Crippen LogP contribution is 2.59. The van der Waals surface area contributed by atoms with Gasteiger partial charge >= 0.3 is 5.97 Å². The van der Waals surface area contributed by atoms with Gasteiger partial charge in [0.15, 0.2) is 0 Å². The van der Waals surface area contributed by atoms with Crippen LogP contribution >= 0.6 is 0 Å². The van der Waals surface area contributed by atoms with Crippen molar-refractivity contribution in [1.29, 1.82) is 0 Å². The fourth-order valence-corrected chi connectivity index (χ4v) is 2.94. The van der Waals surface area contributed by atoms with Crippen molar-refractivity contribution in [2.75, 3.05) is 19.7 Å². The van der Waals surface area contributed by atoms with Gasteiger partial charge in [0.2, 0.25) is 5.91 Å². The highest BCUT2D eigenvalue weighted by Gasteiger charge is 2.66. The number of carboxylic acids is 1. The second kappa shape index (κ2) is 3.98. The second-order valence-electron chi connectivity index (χ2n) is 5.74. The quantitative estimate of drug-likeness (QED) is 0.739. The number of carbonyl (C=O) groups is 2. The van der Waals surface area contributed by atoms with E-state index in [4.69, 9.17) is 10.2 Å². The number of hydrogen-bond donors (Lipinski definition) is 2. The number of hydrogen-bond acceptors (Lipinski definition) is 3. The van der Waals surface area contributed by atoms with E-state index in [2.05, 4.69) is 0 Å². The molecular formula is C12H19NO4. The van der Waals surface area contributed by atoms with Crippen LogP contribution in [-0.2, 0) is 9.59 Å².